The number of ether oxygens (including phenoxy) is 2. The van der Waals surface area contributed by atoms with Gasteiger partial charge in [0.15, 0.2) is 6.10 Å². The topological polar surface area (TPSA) is 47.6 Å². The van der Waals surface area contributed by atoms with Crippen molar-refractivity contribution < 1.29 is 14.3 Å². The normalized spacial score (nSPS) is 13.1. The Kier molecular flexibility index (Phi) is 7.91. The SMILES string of the molecule is CC[C@@H](Oc1ccc(C)cc1C)C(=O)N[C@H](CC(C)C)c1ccc(OC)cc1. The van der Waals surface area contributed by atoms with E-state index in [0.29, 0.717) is 12.3 Å². The molecule has 0 heterocycles. The Balaban J connectivity index is 2.14. The Morgan fingerprint density at radius 2 is 1.75 bits per heavy atom. The van der Waals surface area contributed by atoms with E-state index in [-0.39, 0.29) is 11.9 Å². The minimum atomic E-state index is -0.519. The molecule has 0 bridgehead atoms. The van der Waals surface area contributed by atoms with Crippen LogP contribution in [-0.2, 0) is 4.79 Å². The second-order valence-electron chi connectivity index (χ2n) is 7.75. The molecule has 0 aliphatic carbocycles. The Bertz CT molecular complexity index is 768. The molecule has 0 aliphatic rings. The van der Waals surface area contributed by atoms with Crippen LogP contribution in [0, 0.1) is 19.8 Å². The summed E-state index contributed by atoms with van der Waals surface area (Å²) in [7, 11) is 1.65. The van der Waals surface area contributed by atoms with Crippen molar-refractivity contribution in [1.82, 2.24) is 5.32 Å². The summed E-state index contributed by atoms with van der Waals surface area (Å²) in [6, 6.07) is 13.8. The zero-order valence-corrected chi connectivity index (χ0v) is 17.9. The van der Waals surface area contributed by atoms with Crippen molar-refractivity contribution in [3.05, 3.63) is 59.2 Å². The third-order valence-corrected chi connectivity index (χ3v) is 4.80. The minimum Gasteiger partial charge on any atom is -0.497 e. The van der Waals surface area contributed by atoms with Crippen LogP contribution in [0.3, 0.4) is 0 Å². The van der Waals surface area contributed by atoms with Gasteiger partial charge in [-0.25, -0.2) is 0 Å². The molecule has 1 N–H and O–H groups in total. The number of rotatable bonds is 9. The molecule has 0 radical (unpaired) electrons. The first-order valence-corrected chi connectivity index (χ1v) is 10.0. The first kappa shape index (κ1) is 21.8. The third-order valence-electron chi connectivity index (χ3n) is 4.80. The van der Waals surface area contributed by atoms with E-state index in [0.717, 1.165) is 29.0 Å². The van der Waals surface area contributed by atoms with Crippen molar-refractivity contribution in [2.45, 2.75) is 59.6 Å². The predicted molar refractivity (Wildman–Crippen MR) is 114 cm³/mol. The van der Waals surface area contributed by atoms with Gasteiger partial charge in [0.25, 0.3) is 5.91 Å². The van der Waals surface area contributed by atoms with Crippen LogP contribution >= 0.6 is 0 Å². The van der Waals surface area contributed by atoms with Gasteiger partial charge in [0, 0.05) is 0 Å². The van der Waals surface area contributed by atoms with Gasteiger partial charge in [-0.05, 0) is 61.9 Å². The fourth-order valence-electron chi connectivity index (χ4n) is 3.26. The maximum atomic E-state index is 13.0. The van der Waals surface area contributed by atoms with Crippen molar-refractivity contribution in [2.24, 2.45) is 5.92 Å². The number of hydrogen-bond acceptors (Lipinski definition) is 3. The zero-order chi connectivity index (χ0) is 20.7. The van der Waals surface area contributed by atoms with Crippen LogP contribution in [0.2, 0.25) is 0 Å². The van der Waals surface area contributed by atoms with Crippen molar-refractivity contribution >= 4 is 5.91 Å². The number of benzene rings is 2. The standard InChI is InChI=1S/C24H33NO3/c1-7-22(28-23-13-8-17(4)15-18(23)5)24(26)25-21(14-16(2)3)19-9-11-20(27-6)12-10-19/h8-13,15-16,21-22H,7,14H2,1-6H3,(H,25,26)/t21-,22-/m1/s1. The van der Waals surface area contributed by atoms with E-state index in [1.165, 1.54) is 5.56 Å². The van der Waals surface area contributed by atoms with Gasteiger partial charge in [0.1, 0.15) is 11.5 Å². The molecule has 2 atom stereocenters. The van der Waals surface area contributed by atoms with Gasteiger partial charge in [0.05, 0.1) is 13.2 Å². The van der Waals surface area contributed by atoms with E-state index in [4.69, 9.17) is 9.47 Å². The fraction of sp³-hybridized carbons (Fsp3) is 0.458. The second-order valence-corrected chi connectivity index (χ2v) is 7.75. The van der Waals surface area contributed by atoms with Crippen LogP contribution in [0.15, 0.2) is 42.5 Å². The summed E-state index contributed by atoms with van der Waals surface area (Å²) >= 11 is 0. The lowest BCUT2D eigenvalue weighted by Crippen LogP contribution is -2.40. The monoisotopic (exact) mass is 383 g/mol. The van der Waals surface area contributed by atoms with Crippen LogP contribution in [0.1, 0.15) is 56.3 Å². The van der Waals surface area contributed by atoms with Crippen LogP contribution in [0.25, 0.3) is 0 Å². The van der Waals surface area contributed by atoms with E-state index < -0.39 is 6.10 Å². The van der Waals surface area contributed by atoms with Crippen molar-refractivity contribution in [2.75, 3.05) is 7.11 Å². The Hall–Kier alpha value is -2.49. The van der Waals surface area contributed by atoms with E-state index in [9.17, 15) is 4.79 Å². The summed E-state index contributed by atoms with van der Waals surface area (Å²) in [5.74, 6) is 1.94. The van der Waals surface area contributed by atoms with Crippen LogP contribution < -0.4 is 14.8 Å². The van der Waals surface area contributed by atoms with Gasteiger partial charge in [-0.3, -0.25) is 4.79 Å². The smallest absolute Gasteiger partial charge is 0.261 e. The lowest BCUT2D eigenvalue weighted by atomic mass is 9.96. The van der Waals surface area contributed by atoms with Gasteiger partial charge in [-0.2, -0.15) is 0 Å². The molecule has 0 spiro atoms. The van der Waals surface area contributed by atoms with Gasteiger partial charge >= 0.3 is 0 Å². The molecule has 2 aromatic carbocycles. The molecule has 152 valence electrons. The molecule has 0 aromatic heterocycles. The largest absolute Gasteiger partial charge is 0.497 e. The molecule has 1 amide bonds. The van der Waals surface area contributed by atoms with Crippen molar-refractivity contribution in [3.63, 3.8) is 0 Å². The molecule has 0 saturated carbocycles. The second kappa shape index (κ2) is 10.2. The number of nitrogens with one attached hydrogen (secondary N) is 1. The highest BCUT2D eigenvalue weighted by Gasteiger charge is 2.24. The van der Waals surface area contributed by atoms with Gasteiger partial charge < -0.3 is 14.8 Å². The van der Waals surface area contributed by atoms with Gasteiger partial charge in [0.2, 0.25) is 0 Å². The van der Waals surface area contributed by atoms with E-state index >= 15 is 0 Å². The maximum absolute atomic E-state index is 13.0. The third kappa shape index (κ3) is 6.01. The molecular weight excluding hydrogens is 350 g/mol. The Morgan fingerprint density at radius 3 is 2.29 bits per heavy atom. The Labute approximate surface area is 169 Å². The van der Waals surface area contributed by atoms with Gasteiger partial charge in [-0.1, -0.05) is 50.6 Å². The zero-order valence-electron chi connectivity index (χ0n) is 17.9. The van der Waals surface area contributed by atoms with E-state index in [2.05, 4.69) is 25.2 Å². The van der Waals surface area contributed by atoms with Crippen molar-refractivity contribution in [3.8, 4) is 11.5 Å². The molecule has 0 aliphatic heterocycles. The molecular formula is C24H33NO3. The molecule has 2 aromatic rings. The summed E-state index contributed by atoms with van der Waals surface area (Å²) in [5, 5.41) is 3.20. The fourth-order valence-corrected chi connectivity index (χ4v) is 3.26. The summed E-state index contributed by atoms with van der Waals surface area (Å²) in [6.07, 6.45) is 0.947. The quantitative estimate of drug-likeness (QED) is 0.633. The molecule has 0 saturated heterocycles. The highest BCUT2D eigenvalue weighted by molar-refractivity contribution is 5.81. The van der Waals surface area contributed by atoms with Crippen molar-refractivity contribution in [1.29, 1.82) is 0 Å². The molecule has 4 nitrogen and oxygen atoms in total. The Morgan fingerprint density at radius 1 is 1.07 bits per heavy atom. The number of hydrogen-bond donors (Lipinski definition) is 1. The number of methoxy groups -OCH3 is 1. The van der Waals surface area contributed by atoms with E-state index in [1.807, 2.05) is 57.2 Å². The van der Waals surface area contributed by atoms with Crippen LogP contribution in [-0.4, -0.2) is 19.1 Å². The molecule has 0 fully saturated rings. The number of aryl methyl sites for hydroxylation is 2. The lowest BCUT2D eigenvalue weighted by molar-refractivity contribution is -0.129. The minimum absolute atomic E-state index is 0.0600. The molecule has 28 heavy (non-hydrogen) atoms. The highest BCUT2D eigenvalue weighted by atomic mass is 16.5. The predicted octanol–water partition coefficient (Wildman–Crippen LogP) is 5.37. The number of carbonyl (C=O) groups is 1. The average Bonchev–Trinajstić information content (AvgIpc) is 2.66. The average molecular weight is 384 g/mol. The number of amides is 1. The first-order chi connectivity index (χ1) is 13.3. The molecule has 2 rings (SSSR count). The molecule has 4 heteroatoms. The van der Waals surface area contributed by atoms with Crippen LogP contribution in [0.4, 0.5) is 0 Å². The van der Waals surface area contributed by atoms with Gasteiger partial charge in [-0.15, -0.1) is 0 Å². The summed E-state index contributed by atoms with van der Waals surface area (Å²) in [4.78, 5) is 13.0. The lowest BCUT2D eigenvalue weighted by Gasteiger charge is -2.25. The van der Waals surface area contributed by atoms with E-state index in [1.54, 1.807) is 7.11 Å². The summed E-state index contributed by atoms with van der Waals surface area (Å²) < 4.78 is 11.3. The first-order valence-electron chi connectivity index (χ1n) is 10.0. The highest BCUT2D eigenvalue weighted by Crippen LogP contribution is 2.25. The number of carbonyl (C=O) groups excluding carboxylic acids is 1. The summed E-state index contributed by atoms with van der Waals surface area (Å²) in [6.45, 7) is 10.3. The maximum Gasteiger partial charge on any atom is 0.261 e. The molecule has 0 unspecified atom stereocenters. The van der Waals surface area contributed by atoms with Crippen LogP contribution in [0.5, 0.6) is 11.5 Å². The summed E-state index contributed by atoms with van der Waals surface area (Å²) in [5.41, 5.74) is 3.29.